The summed E-state index contributed by atoms with van der Waals surface area (Å²) in [6, 6.07) is -0.921. The van der Waals surface area contributed by atoms with Crippen LogP contribution in [0.3, 0.4) is 0 Å². The van der Waals surface area contributed by atoms with E-state index in [0.29, 0.717) is 32.1 Å². The summed E-state index contributed by atoms with van der Waals surface area (Å²) >= 11 is 0. The molecule has 0 aromatic rings. The minimum Gasteiger partial charge on any atom is -0.480 e. The number of carbonyl (C=O) groups excluding carboxylic acids is 1. The molecule has 1 aliphatic heterocycles. The normalized spacial score (nSPS) is 19.9. The first-order valence-corrected chi connectivity index (χ1v) is 8.28. The molecular formula is C12H21NO6S. The minimum absolute atomic E-state index is 0.0715. The molecule has 1 heterocycles. The standard InChI is InChI=1S/C12H21NO6S/c1-19-11(14)7-3-2-4-9-20(17,18)13-8-5-6-10(13)12(15)16/h10H,2-9H2,1H3,(H,15,16). The summed E-state index contributed by atoms with van der Waals surface area (Å²) in [5, 5.41) is 8.99. The zero-order valence-electron chi connectivity index (χ0n) is 11.6. The first-order valence-electron chi connectivity index (χ1n) is 6.67. The molecule has 8 heteroatoms. The maximum Gasteiger partial charge on any atom is 0.322 e. The average Bonchev–Trinajstić information content (AvgIpc) is 2.88. The van der Waals surface area contributed by atoms with E-state index in [4.69, 9.17) is 5.11 Å². The van der Waals surface area contributed by atoms with Gasteiger partial charge in [0.15, 0.2) is 0 Å². The van der Waals surface area contributed by atoms with Gasteiger partial charge in [0.1, 0.15) is 6.04 Å². The van der Waals surface area contributed by atoms with Crippen molar-refractivity contribution in [2.75, 3.05) is 19.4 Å². The number of rotatable bonds is 8. The summed E-state index contributed by atoms with van der Waals surface area (Å²) in [6.07, 6.45) is 2.82. The molecule has 0 spiro atoms. The van der Waals surface area contributed by atoms with E-state index in [1.807, 2.05) is 0 Å². The fraction of sp³-hybridized carbons (Fsp3) is 0.833. The Bertz CT molecular complexity index is 447. The Hall–Kier alpha value is -1.15. The van der Waals surface area contributed by atoms with Gasteiger partial charge in [-0.05, 0) is 25.7 Å². The third-order valence-electron chi connectivity index (χ3n) is 3.36. The molecule has 1 saturated heterocycles. The Labute approximate surface area is 118 Å². The molecule has 1 unspecified atom stereocenters. The summed E-state index contributed by atoms with van der Waals surface area (Å²) < 4.78 is 29.7. The van der Waals surface area contributed by atoms with Gasteiger partial charge in [0.05, 0.1) is 12.9 Å². The van der Waals surface area contributed by atoms with Crippen LogP contribution in [0.4, 0.5) is 0 Å². The number of sulfonamides is 1. The highest BCUT2D eigenvalue weighted by atomic mass is 32.2. The number of hydrogen-bond donors (Lipinski definition) is 1. The van der Waals surface area contributed by atoms with Gasteiger partial charge in [-0.25, -0.2) is 8.42 Å². The maximum absolute atomic E-state index is 12.1. The number of ether oxygens (including phenoxy) is 1. The van der Waals surface area contributed by atoms with Crippen molar-refractivity contribution in [3.8, 4) is 0 Å². The summed E-state index contributed by atoms with van der Waals surface area (Å²) in [5.74, 6) is -1.46. The maximum atomic E-state index is 12.1. The van der Waals surface area contributed by atoms with Crippen LogP contribution in [0, 0.1) is 0 Å². The molecule has 0 aromatic heterocycles. The Morgan fingerprint density at radius 2 is 2.00 bits per heavy atom. The van der Waals surface area contributed by atoms with Crippen LogP contribution in [-0.2, 0) is 24.3 Å². The molecule has 1 atom stereocenters. The SMILES string of the molecule is COC(=O)CCCCCS(=O)(=O)N1CCCC1C(=O)O. The molecule has 116 valence electrons. The van der Waals surface area contributed by atoms with Crippen molar-refractivity contribution in [1.29, 1.82) is 0 Å². The minimum atomic E-state index is -3.52. The average molecular weight is 307 g/mol. The third kappa shape index (κ3) is 4.75. The van der Waals surface area contributed by atoms with E-state index >= 15 is 0 Å². The second-order valence-electron chi connectivity index (χ2n) is 4.81. The van der Waals surface area contributed by atoms with Gasteiger partial charge in [-0.2, -0.15) is 4.31 Å². The highest BCUT2D eigenvalue weighted by Gasteiger charge is 2.38. The van der Waals surface area contributed by atoms with Gasteiger partial charge in [-0.3, -0.25) is 9.59 Å². The van der Waals surface area contributed by atoms with Gasteiger partial charge >= 0.3 is 11.9 Å². The summed E-state index contributed by atoms with van der Waals surface area (Å²) in [5.41, 5.74) is 0. The number of hydrogen-bond acceptors (Lipinski definition) is 5. The Morgan fingerprint density at radius 3 is 2.60 bits per heavy atom. The van der Waals surface area contributed by atoms with Crippen LogP contribution in [0.2, 0.25) is 0 Å². The number of aliphatic carboxylic acids is 1. The van der Waals surface area contributed by atoms with Crippen LogP contribution in [0.25, 0.3) is 0 Å². The fourth-order valence-electron chi connectivity index (χ4n) is 2.27. The van der Waals surface area contributed by atoms with Crippen molar-refractivity contribution >= 4 is 22.0 Å². The van der Waals surface area contributed by atoms with Gasteiger partial charge in [0.25, 0.3) is 0 Å². The zero-order valence-corrected chi connectivity index (χ0v) is 12.4. The Morgan fingerprint density at radius 1 is 1.30 bits per heavy atom. The van der Waals surface area contributed by atoms with Crippen LogP contribution in [0.1, 0.15) is 38.5 Å². The molecular weight excluding hydrogens is 286 g/mol. The van der Waals surface area contributed by atoms with Crippen molar-refractivity contribution in [1.82, 2.24) is 4.31 Å². The number of carboxylic acid groups (broad SMARTS) is 1. The molecule has 0 radical (unpaired) electrons. The van der Waals surface area contributed by atoms with E-state index in [9.17, 15) is 18.0 Å². The number of methoxy groups -OCH3 is 1. The molecule has 0 aliphatic carbocycles. The van der Waals surface area contributed by atoms with Crippen molar-refractivity contribution in [3.63, 3.8) is 0 Å². The Kier molecular flexibility index (Phi) is 6.41. The number of esters is 1. The third-order valence-corrected chi connectivity index (χ3v) is 5.31. The fourth-order valence-corrected chi connectivity index (χ4v) is 4.06. The van der Waals surface area contributed by atoms with Crippen molar-refractivity contribution in [2.45, 2.75) is 44.6 Å². The predicted molar refractivity (Wildman–Crippen MR) is 71.6 cm³/mol. The molecule has 1 rings (SSSR count). The van der Waals surface area contributed by atoms with E-state index in [-0.39, 0.29) is 24.7 Å². The summed E-state index contributed by atoms with van der Waals surface area (Å²) in [4.78, 5) is 21.9. The largest absolute Gasteiger partial charge is 0.480 e. The number of carboxylic acids is 1. The monoisotopic (exact) mass is 307 g/mol. The van der Waals surface area contributed by atoms with Gasteiger partial charge in [-0.1, -0.05) is 6.42 Å². The second-order valence-corrected chi connectivity index (χ2v) is 6.85. The lowest BCUT2D eigenvalue weighted by atomic mass is 10.2. The van der Waals surface area contributed by atoms with E-state index in [1.54, 1.807) is 0 Å². The molecule has 7 nitrogen and oxygen atoms in total. The smallest absolute Gasteiger partial charge is 0.322 e. The molecule has 1 N–H and O–H groups in total. The lowest BCUT2D eigenvalue weighted by molar-refractivity contribution is -0.141. The predicted octanol–water partition coefficient (Wildman–Crippen LogP) is 0.599. The molecule has 1 fully saturated rings. The number of nitrogens with zero attached hydrogens (tertiary/aromatic N) is 1. The van der Waals surface area contributed by atoms with E-state index in [1.165, 1.54) is 7.11 Å². The topological polar surface area (TPSA) is 101 Å². The molecule has 0 bridgehead atoms. The van der Waals surface area contributed by atoms with Crippen LogP contribution in [0.5, 0.6) is 0 Å². The van der Waals surface area contributed by atoms with Gasteiger partial charge in [-0.15, -0.1) is 0 Å². The number of carbonyl (C=O) groups is 2. The molecule has 0 saturated carbocycles. The molecule has 20 heavy (non-hydrogen) atoms. The number of unbranched alkanes of at least 4 members (excludes halogenated alkanes) is 2. The summed E-state index contributed by atoms with van der Waals surface area (Å²) in [6.45, 7) is 0.279. The lowest BCUT2D eigenvalue weighted by Gasteiger charge is -2.20. The highest BCUT2D eigenvalue weighted by Crippen LogP contribution is 2.22. The highest BCUT2D eigenvalue weighted by molar-refractivity contribution is 7.89. The second kappa shape index (κ2) is 7.58. The van der Waals surface area contributed by atoms with Gasteiger partial charge in [0, 0.05) is 13.0 Å². The first kappa shape index (κ1) is 16.9. The quantitative estimate of drug-likeness (QED) is 0.520. The van der Waals surface area contributed by atoms with Gasteiger partial charge < -0.3 is 9.84 Å². The lowest BCUT2D eigenvalue weighted by Crippen LogP contribution is -2.41. The van der Waals surface area contributed by atoms with Crippen LogP contribution in [0.15, 0.2) is 0 Å². The van der Waals surface area contributed by atoms with Crippen LogP contribution in [-0.4, -0.2) is 55.2 Å². The van der Waals surface area contributed by atoms with Crippen LogP contribution >= 0.6 is 0 Å². The first-order chi connectivity index (χ1) is 9.38. The Balaban J connectivity index is 2.38. The van der Waals surface area contributed by atoms with E-state index < -0.39 is 22.0 Å². The van der Waals surface area contributed by atoms with Crippen molar-refractivity contribution in [3.05, 3.63) is 0 Å². The molecule has 1 aliphatic rings. The van der Waals surface area contributed by atoms with Crippen molar-refractivity contribution in [2.24, 2.45) is 0 Å². The van der Waals surface area contributed by atoms with Crippen LogP contribution < -0.4 is 0 Å². The summed E-state index contributed by atoms with van der Waals surface area (Å²) in [7, 11) is -2.21. The zero-order chi connectivity index (χ0) is 15.2. The van der Waals surface area contributed by atoms with E-state index in [2.05, 4.69) is 4.74 Å². The van der Waals surface area contributed by atoms with Crippen molar-refractivity contribution < 1.29 is 27.9 Å². The molecule has 0 amide bonds. The van der Waals surface area contributed by atoms with E-state index in [0.717, 1.165) is 4.31 Å². The molecule has 0 aromatic carbocycles. The van der Waals surface area contributed by atoms with Gasteiger partial charge in [0.2, 0.25) is 10.0 Å².